The summed E-state index contributed by atoms with van der Waals surface area (Å²) in [4.78, 5) is 23.5. The van der Waals surface area contributed by atoms with Crippen LogP contribution < -0.4 is 10.1 Å². The lowest BCUT2D eigenvalue weighted by Gasteiger charge is -2.13. The van der Waals surface area contributed by atoms with E-state index in [2.05, 4.69) is 11.9 Å². The van der Waals surface area contributed by atoms with Crippen molar-refractivity contribution in [2.75, 3.05) is 6.54 Å². The second kappa shape index (κ2) is 8.09. The fraction of sp³-hybridized carbons (Fsp3) is 0.375. The first-order valence-corrected chi connectivity index (χ1v) is 6.80. The van der Waals surface area contributed by atoms with Crippen LogP contribution in [-0.4, -0.2) is 30.6 Å². The highest BCUT2D eigenvalue weighted by atomic mass is 16.5. The van der Waals surface area contributed by atoms with E-state index in [9.17, 15) is 9.59 Å². The van der Waals surface area contributed by atoms with Crippen molar-refractivity contribution < 1.29 is 19.1 Å². The Kier molecular flexibility index (Phi) is 6.46. The summed E-state index contributed by atoms with van der Waals surface area (Å²) in [6.07, 6.45) is 0.764. The number of ether oxygens (including phenoxy) is 2. The predicted octanol–water partition coefficient (Wildman–Crippen LogP) is 2.32. The van der Waals surface area contributed by atoms with Crippen LogP contribution in [0.5, 0.6) is 5.75 Å². The number of rotatable bonds is 7. The molecule has 1 amide bonds. The van der Waals surface area contributed by atoms with Gasteiger partial charge in [0.05, 0.1) is 11.7 Å². The normalized spacial score (nSPS) is 11.6. The smallest absolute Gasteiger partial charge is 0.338 e. The highest BCUT2D eigenvalue weighted by Crippen LogP contribution is 2.15. The van der Waals surface area contributed by atoms with Crippen LogP contribution in [0.3, 0.4) is 0 Å². The fourth-order valence-electron chi connectivity index (χ4n) is 1.54. The standard InChI is InChI=1S/C16H21NO4/c1-5-10-17-15(18)12(4)21-16(19)13-6-8-14(9-7-13)20-11(2)3/h5-9,11-12H,1,10H2,2-4H3,(H,17,18)/t12-/m1/s1. The molecule has 1 N–H and O–H groups in total. The topological polar surface area (TPSA) is 64.6 Å². The SMILES string of the molecule is C=CCNC(=O)[C@@H](C)OC(=O)c1ccc(OC(C)C)cc1. The second-order valence-electron chi connectivity index (χ2n) is 4.77. The summed E-state index contributed by atoms with van der Waals surface area (Å²) in [6.45, 7) is 9.20. The quantitative estimate of drug-likeness (QED) is 0.618. The predicted molar refractivity (Wildman–Crippen MR) is 80.3 cm³/mol. The van der Waals surface area contributed by atoms with E-state index in [1.807, 2.05) is 13.8 Å². The largest absolute Gasteiger partial charge is 0.491 e. The molecule has 0 aliphatic rings. The van der Waals surface area contributed by atoms with Crippen LogP contribution in [0.4, 0.5) is 0 Å². The van der Waals surface area contributed by atoms with Crippen molar-refractivity contribution >= 4 is 11.9 Å². The molecule has 0 aliphatic carbocycles. The third-order valence-corrected chi connectivity index (χ3v) is 2.54. The summed E-state index contributed by atoms with van der Waals surface area (Å²) in [6, 6.07) is 6.60. The third-order valence-electron chi connectivity index (χ3n) is 2.54. The monoisotopic (exact) mass is 291 g/mol. The zero-order chi connectivity index (χ0) is 15.8. The van der Waals surface area contributed by atoms with Gasteiger partial charge in [-0.25, -0.2) is 4.79 Å². The minimum Gasteiger partial charge on any atom is -0.491 e. The van der Waals surface area contributed by atoms with Crippen LogP contribution >= 0.6 is 0 Å². The molecule has 5 heteroatoms. The Morgan fingerprint density at radius 1 is 1.24 bits per heavy atom. The van der Waals surface area contributed by atoms with Gasteiger partial charge in [0.1, 0.15) is 5.75 Å². The lowest BCUT2D eigenvalue weighted by atomic mass is 10.2. The molecule has 0 fully saturated rings. The van der Waals surface area contributed by atoms with Gasteiger partial charge >= 0.3 is 5.97 Å². The first-order chi connectivity index (χ1) is 9.93. The Morgan fingerprint density at radius 3 is 2.38 bits per heavy atom. The molecule has 0 heterocycles. The maximum atomic E-state index is 11.9. The van der Waals surface area contributed by atoms with E-state index >= 15 is 0 Å². The van der Waals surface area contributed by atoms with Crippen LogP contribution in [-0.2, 0) is 9.53 Å². The highest BCUT2D eigenvalue weighted by Gasteiger charge is 2.18. The Bertz CT molecular complexity index is 494. The summed E-state index contributed by atoms with van der Waals surface area (Å²) >= 11 is 0. The Hall–Kier alpha value is -2.30. The van der Waals surface area contributed by atoms with Crippen LogP contribution in [0.1, 0.15) is 31.1 Å². The van der Waals surface area contributed by atoms with Crippen LogP contribution in [0.15, 0.2) is 36.9 Å². The molecule has 0 radical (unpaired) electrons. The van der Waals surface area contributed by atoms with Gasteiger partial charge in [0, 0.05) is 6.54 Å². The third kappa shape index (κ3) is 5.69. The molecule has 114 valence electrons. The summed E-state index contributed by atoms with van der Waals surface area (Å²) in [5.74, 6) is -0.228. The summed E-state index contributed by atoms with van der Waals surface area (Å²) in [5, 5.41) is 2.57. The first-order valence-electron chi connectivity index (χ1n) is 6.80. The maximum absolute atomic E-state index is 11.9. The summed E-state index contributed by atoms with van der Waals surface area (Å²) in [5.41, 5.74) is 0.370. The molecule has 1 aromatic rings. The molecule has 0 aliphatic heterocycles. The van der Waals surface area contributed by atoms with Gasteiger partial charge in [0.25, 0.3) is 5.91 Å². The number of hydrogen-bond acceptors (Lipinski definition) is 4. The Morgan fingerprint density at radius 2 is 1.86 bits per heavy atom. The first kappa shape index (κ1) is 16.8. The van der Waals surface area contributed by atoms with Crippen molar-refractivity contribution in [1.82, 2.24) is 5.32 Å². The zero-order valence-corrected chi connectivity index (χ0v) is 12.6. The molecule has 21 heavy (non-hydrogen) atoms. The molecule has 0 bridgehead atoms. The Labute approximate surface area is 124 Å². The summed E-state index contributed by atoms with van der Waals surface area (Å²) < 4.78 is 10.6. The van der Waals surface area contributed by atoms with Crippen LogP contribution in [0.2, 0.25) is 0 Å². The van der Waals surface area contributed by atoms with E-state index in [4.69, 9.17) is 9.47 Å². The van der Waals surface area contributed by atoms with Gasteiger partial charge in [0.15, 0.2) is 6.10 Å². The zero-order valence-electron chi connectivity index (χ0n) is 12.6. The van der Waals surface area contributed by atoms with Crippen molar-refractivity contribution in [3.8, 4) is 5.75 Å². The van der Waals surface area contributed by atoms with Crippen LogP contribution in [0.25, 0.3) is 0 Å². The van der Waals surface area contributed by atoms with Crippen LogP contribution in [0, 0.1) is 0 Å². The number of hydrogen-bond donors (Lipinski definition) is 1. The van der Waals surface area contributed by atoms with Gasteiger partial charge < -0.3 is 14.8 Å². The molecule has 5 nitrogen and oxygen atoms in total. The highest BCUT2D eigenvalue weighted by molar-refractivity contribution is 5.92. The molecule has 1 rings (SSSR count). The fourth-order valence-corrected chi connectivity index (χ4v) is 1.54. The van der Waals surface area contributed by atoms with Gasteiger partial charge in [-0.05, 0) is 45.0 Å². The molecule has 1 aromatic carbocycles. The number of amides is 1. The Balaban J connectivity index is 2.58. The molecule has 0 unspecified atom stereocenters. The lowest BCUT2D eigenvalue weighted by Crippen LogP contribution is -2.35. The minimum absolute atomic E-state index is 0.0661. The van der Waals surface area contributed by atoms with E-state index in [1.54, 1.807) is 30.3 Å². The molecule has 0 saturated heterocycles. The molecule has 0 saturated carbocycles. The second-order valence-corrected chi connectivity index (χ2v) is 4.77. The number of esters is 1. The molecule has 1 atom stereocenters. The van der Waals surface area contributed by atoms with Gasteiger partial charge in [-0.15, -0.1) is 6.58 Å². The van der Waals surface area contributed by atoms with Crippen molar-refractivity contribution in [2.45, 2.75) is 33.0 Å². The number of carbonyl (C=O) groups excluding carboxylic acids is 2. The number of carbonyl (C=O) groups is 2. The van der Waals surface area contributed by atoms with E-state index in [1.165, 1.54) is 6.92 Å². The average molecular weight is 291 g/mol. The van der Waals surface area contributed by atoms with Crippen molar-refractivity contribution in [2.24, 2.45) is 0 Å². The number of nitrogens with one attached hydrogen (secondary N) is 1. The number of benzene rings is 1. The lowest BCUT2D eigenvalue weighted by molar-refractivity contribution is -0.128. The van der Waals surface area contributed by atoms with Gasteiger partial charge in [-0.3, -0.25) is 4.79 Å². The van der Waals surface area contributed by atoms with Gasteiger partial charge in [-0.1, -0.05) is 6.08 Å². The average Bonchev–Trinajstić information content (AvgIpc) is 2.44. The maximum Gasteiger partial charge on any atom is 0.338 e. The van der Waals surface area contributed by atoms with E-state index < -0.39 is 12.1 Å². The molecular weight excluding hydrogens is 270 g/mol. The molecule has 0 aromatic heterocycles. The molecule has 0 spiro atoms. The van der Waals surface area contributed by atoms with Crippen molar-refractivity contribution in [1.29, 1.82) is 0 Å². The van der Waals surface area contributed by atoms with E-state index in [0.717, 1.165) is 0 Å². The summed E-state index contributed by atoms with van der Waals surface area (Å²) in [7, 11) is 0. The minimum atomic E-state index is -0.857. The van der Waals surface area contributed by atoms with Crippen molar-refractivity contribution in [3.05, 3.63) is 42.5 Å². The van der Waals surface area contributed by atoms with E-state index in [0.29, 0.717) is 17.9 Å². The van der Waals surface area contributed by atoms with Gasteiger partial charge in [-0.2, -0.15) is 0 Å². The van der Waals surface area contributed by atoms with E-state index in [-0.39, 0.29) is 12.0 Å². The van der Waals surface area contributed by atoms with Crippen molar-refractivity contribution in [3.63, 3.8) is 0 Å². The van der Waals surface area contributed by atoms with Gasteiger partial charge in [0.2, 0.25) is 0 Å². The molecular formula is C16H21NO4.